The van der Waals surface area contributed by atoms with Crippen molar-refractivity contribution < 1.29 is 9.53 Å². The van der Waals surface area contributed by atoms with E-state index in [0.29, 0.717) is 11.9 Å². The van der Waals surface area contributed by atoms with E-state index in [9.17, 15) is 4.79 Å². The van der Waals surface area contributed by atoms with E-state index < -0.39 is 5.54 Å². The number of esters is 1. The van der Waals surface area contributed by atoms with Crippen LogP contribution in [0, 0.1) is 0 Å². The molecule has 2 rings (SSSR count). The van der Waals surface area contributed by atoms with Gasteiger partial charge in [-0.1, -0.05) is 6.92 Å². The number of hydrogen-bond donors (Lipinski definition) is 1. The van der Waals surface area contributed by atoms with Gasteiger partial charge in [-0.3, -0.25) is 4.90 Å². The minimum absolute atomic E-state index is 0.00315. The van der Waals surface area contributed by atoms with E-state index in [1.54, 1.807) is 0 Å². The first-order valence-electron chi connectivity index (χ1n) is 7.46. The van der Waals surface area contributed by atoms with Crippen LogP contribution in [0.2, 0.25) is 0 Å². The molecule has 0 bridgehead atoms. The number of hydrogen-bond acceptors (Lipinski definition) is 5. The second-order valence-electron chi connectivity index (χ2n) is 5.35. The third kappa shape index (κ3) is 3.09. The zero-order valence-corrected chi connectivity index (χ0v) is 12.9. The van der Waals surface area contributed by atoms with Crippen LogP contribution in [0.25, 0.3) is 0 Å². The molecule has 0 saturated carbocycles. The van der Waals surface area contributed by atoms with Crippen LogP contribution >= 0.6 is 11.8 Å². The van der Waals surface area contributed by atoms with Crippen molar-refractivity contribution in [3.63, 3.8) is 0 Å². The Morgan fingerprint density at radius 3 is 3.00 bits per heavy atom. The minimum Gasteiger partial charge on any atom is -0.465 e. The van der Waals surface area contributed by atoms with Crippen LogP contribution in [0.1, 0.15) is 33.1 Å². The van der Waals surface area contributed by atoms with Gasteiger partial charge in [-0.25, -0.2) is 4.79 Å². The fourth-order valence-corrected chi connectivity index (χ4v) is 4.56. The molecule has 5 heteroatoms. The number of nitrogens with zero attached hydrogens (tertiary/aromatic N) is 1. The van der Waals surface area contributed by atoms with Gasteiger partial charge in [0.1, 0.15) is 5.54 Å². The second kappa shape index (κ2) is 6.95. The molecule has 2 saturated heterocycles. The average molecular weight is 286 g/mol. The predicted molar refractivity (Wildman–Crippen MR) is 79.6 cm³/mol. The molecular formula is C14H26N2O2S. The van der Waals surface area contributed by atoms with Gasteiger partial charge >= 0.3 is 5.97 Å². The summed E-state index contributed by atoms with van der Waals surface area (Å²) < 4.78 is 5.43. The van der Waals surface area contributed by atoms with Gasteiger partial charge < -0.3 is 10.1 Å². The van der Waals surface area contributed by atoms with Crippen LogP contribution in [-0.2, 0) is 9.53 Å². The van der Waals surface area contributed by atoms with Crippen molar-refractivity contribution in [3.8, 4) is 0 Å². The number of ether oxygens (including phenoxy) is 1. The van der Waals surface area contributed by atoms with E-state index in [1.165, 1.54) is 0 Å². The van der Waals surface area contributed by atoms with Crippen molar-refractivity contribution in [1.82, 2.24) is 10.2 Å². The lowest BCUT2D eigenvalue weighted by Gasteiger charge is -2.47. The molecule has 2 unspecified atom stereocenters. The zero-order valence-electron chi connectivity index (χ0n) is 12.1. The number of nitrogens with one attached hydrogen (secondary N) is 1. The smallest absolute Gasteiger partial charge is 0.327 e. The molecule has 2 aliphatic rings. The Morgan fingerprint density at radius 2 is 2.26 bits per heavy atom. The van der Waals surface area contributed by atoms with Crippen LogP contribution in [0.3, 0.4) is 0 Å². The van der Waals surface area contributed by atoms with E-state index in [2.05, 4.69) is 17.1 Å². The Kier molecular flexibility index (Phi) is 5.54. The Morgan fingerprint density at radius 1 is 1.42 bits per heavy atom. The maximum Gasteiger partial charge on any atom is 0.327 e. The summed E-state index contributed by atoms with van der Waals surface area (Å²) in [5, 5.41) is 3.74. The molecule has 0 aromatic rings. The van der Waals surface area contributed by atoms with Gasteiger partial charge in [-0.05, 0) is 38.5 Å². The highest BCUT2D eigenvalue weighted by Gasteiger charge is 2.51. The van der Waals surface area contributed by atoms with Gasteiger partial charge in [-0.15, -0.1) is 0 Å². The first-order chi connectivity index (χ1) is 9.21. The van der Waals surface area contributed by atoms with Crippen molar-refractivity contribution in [2.75, 3.05) is 38.5 Å². The zero-order chi connectivity index (χ0) is 13.7. The second-order valence-corrected chi connectivity index (χ2v) is 6.80. The van der Waals surface area contributed by atoms with Crippen LogP contribution in [0.15, 0.2) is 0 Å². The summed E-state index contributed by atoms with van der Waals surface area (Å²) in [6, 6.07) is 0. The first-order valence-corrected chi connectivity index (χ1v) is 8.51. The highest BCUT2D eigenvalue weighted by molar-refractivity contribution is 8.00. The van der Waals surface area contributed by atoms with E-state index >= 15 is 0 Å². The predicted octanol–water partition coefficient (Wildman–Crippen LogP) is 1.50. The SMILES string of the molecule is CCOC(=O)C1(N2CCCNCC2)CCCSC1C. The Labute approximate surface area is 120 Å². The van der Waals surface area contributed by atoms with Crippen LogP contribution in [0.5, 0.6) is 0 Å². The van der Waals surface area contributed by atoms with Crippen molar-refractivity contribution >= 4 is 17.7 Å². The molecule has 110 valence electrons. The van der Waals surface area contributed by atoms with Gasteiger partial charge in [0.2, 0.25) is 0 Å². The summed E-state index contributed by atoms with van der Waals surface area (Å²) in [6.45, 7) is 8.54. The summed E-state index contributed by atoms with van der Waals surface area (Å²) >= 11 is 1.92. The molecule has 0 aromatic carbocycles. The van der Waals surface area contributed by atoms with Crippen LogP contribution < -0.4 is 5.32 Å². The number of carbonyl (C=O) groups is 1. The number of rotatable bonds is 3. The molecule has 0 spiro atoms. The van der Waals surface area contributed by atoms with Crippen LogP contribution in [-0.4, -0.2) is 60.2 Å². The Hall–Kier alpha value is -0.260. The summed E-state index contributed by atoms with van der Waals surface area (Å²) in [7, 11) is 0. The minimum atomic E-state index is -0.398. The molecule has 2 aliphatic heterocycles. The number of carbonyl (C=O) groups excluding carboxylic acids is 1. The maximum absolute atomic E-state index is 12.6. The van der Waals surface area contributed by atoms with Crippen molar-refractivity contribution in [3.05, 3.63) is 0 Å². The monoisotopic (exact) mass is 286 g/mol. The topological polar surface area (TPSA) is 41.6 Å². The molecule has 2 atom stereocenters. The molecule has 1 N–H and O–H groups in total. The van der Waals surface area contributed by atoms with E-state index in [-0.39, 0.29) is 5.97 Å². The molecular weight excluding hydrogens is 260 g/mol. The molecule has 0 aromatic heterocycles. The molecule has 0 amide bonds. The van der Waals surface area contributed by atoms with Gasteiger partial charge in [-0.2, -0.15) is 11.8 Å². The largest absolute Gasteiger partial charge is 0.465 e. The summed E-state index contributed by atoms with van der Waals surface area (Å²) in [4.78, 5) is 15.0. The van der Waals surface area contributed by atoms with Gasteiger partial charge in [0.15, 0.2) is 0 Å². The summed E-state index contributed by atoms with van der Waals surface area (Å²) in [6.07, 6.45) is 3.16. The highest BCUT2D eigenvalue weighted by Crippen LogP contribution is 2.39. The fraction of sp³-hybridized carbons (Fsp3) is 0.929. The van der Waals surface area contributed by atoms with Crippen molar-refractivity contribution in [2.45, 2.75) is 43.9 Å². The number of thioether (sulfide) groups is 1. The first kappa shape index (κ1) is 15.1. The molecule has 2 fully saturated rings. The van der Waals surface area contributed by atoms with Gasteiger partial charge in [0, 0.05) is 24.9 Å². The van der Waals surface area contributed by atoms with Crippen molar-refractivity contribution in [2.24, 2.45) is 0 Å². The molecule has 2 heterocycles. The third-order valence-corrected chi connectivity index (χ3v) is 5.69. The maximum atomic E-state index is 12.6. The Bertz CT molecular complexity index is 306. The molecule has 19 heavy (non-hydrogen) atoms. The normalized spacial score (nSPS) is 33.7. The van der Waals surface area contributed by atoms with Gasteiger partial charge in [0.05, 0.1) is 6.61 Å². The third-order valence-electron chi connectivity index (χ3n) is 4.28. The van der Waals surface area contributed by atoms with E-state index in [1.807, 2.05) is 18.7 Å². The standard InChI is InChI=1S/C14H26N2O2S/c1-3-18-13(17)14(6-4-11-19-12(14)2)16-9-5-7-15-8-10-16/h12,15H,3-11H2,1-2H3. The van der Waals surface area contributed by atoms with Crippen LogP contribution in [0.4, 0.5) is 0 Å². The molecule has 0 aliphatic carbocycles. The van der Waals surface area contributed by atoms with E-state index in [4.69, 9.17) is 4.74 Å². The lowest BCUT2D eigenvalue weighted by molar-refractivity contribution is -0.159. The lowest BCUT2D eigenvalue weighted by Crippen LogP contribution is -2.63. The summed E-state index contributed by atoms with van der Waals surface area (Å²) in [5.74, 6) is 1.16. The fourth-order valence-electron chi connectivity index (χ4n) is 3.26. The molecule has 4 nitrogen and oxygen atoms in total. The van der Waals surface area contributed by atoms with Gasteiger partial charge in [0.25, 0.3) is 0 Å². The quantitative estimate of drug-likeness (QED) is 0.796. The average Bonchev–Trinajstić information content (AvgIpc) is 2.69. The van der Waals surface area contributed by atoms with Crippen molar-refractivity contribution in [1.29, 1.82) is 0 Å². The summed E-state index contributed by atoms with van der Waals surface area (Å²) in [5.41, 5.74) is -0.398. The van der Waals surface area contributed by atoms with E-state index in [0.717, 1.165) is 51.2 Å². The highest BCUT2D eigenvalue weighted by atomic mass is 32.2. The lowest BCUT2D eigenvalue weighted by atomic mass is 9.87. The Balaban J connectivity index is 2.23. The molecule has 0 radical (unpaired) electrons.